The number of pyridine rings is 1. The molecular weight excluding hydrogens is 386 g/mol. The summed E-state index contributed by atoms with van der Waals surface area (Å²) >= 11 is 0. The van der Waals surface area contributed by atoms with E-state index in [1.165, 1.54) is 0 Å². The van der Waals surface area contributed by atoms with Gasteiger partial charge in [0.1, 0.15) is 5.82 Å². The van der Waals surface area contributed by atoms with Crippen LogP contribution in [-0.4, -0.2) is 29.1 Å². The summed E-state index contributed by atoms with van der Waals surface area (Å²) in [7, 11) is -3.30. The van der Waals surface area contributed by atoms with Crippen molar-refractivity contribution in [2.24, 2.45) is 0 Å². The second kappa shape index (κ2) is 8.16. The standard InChI is InChI=1S/C21H23N5O2S/c1-2-13-29(27,28)26-17-10-8-16(9-11-17)23-21-18-6-3-7-19(18)24-20(25-21)15-5-4-12-22-14-15/h4-5,8-12,14,26H,2-3,6-7,13H2,1H3,(H,23,24,25). The van der Waals surface area contributed by atoms with Gasteiger partial charge < -0.3 is 5.32 Å². The van der Waals surface area contributed by atoms with Gasteiger partial charge in [-0.05, 0) is 62.1 Å². The molecule has 0 amide bonds. The van der Waals surface area contributed by atoms with Gasteiger partial charge in [0, 0.05) is 40.6 Å². The SMILES string of the molecule is CCCS(=O)(=O)Nc1ccc(Nc2nc(-c3cccnc3)nc3c2CCC3)cc1. The zero-order chi connectivity index (χ0) is 20.3. The van der Waals surface area contributed by atoms with E-state index >= 15 is 0 Å². The minimum atomic E-state index is -3.30. The number of fused-ring (bicyclic) bond motifs is 1. The van der Waals surface area contributed by atoms with Crippen LogP contribution in [-0.2, 0) is 22.9 Å². The molecule has 0 saturated carbocycles. The van der Waals surface area contributed by atoms with Gasteiger partial charge in [0.15, 0.2) is 5.82 Å². The van der Waals surface area contributed by atoms with Crippen molar-refractivity contribution in [2.75, 3.05) is 15.8 Å². The maximum absolute atomic E-state index is 11.9. The number of nitrogens with zero attached hydrogens (tertiary/aromatic N) is 3. The number of rotatable bonds is 7. The van der Waals surface area contributed by atoms with Crippen molar-refractivity contribution >= 4 is 27.2 Å². The van der Waals surface area contributed by atoms with Crippen LogP contribution in [0.5, 0.6) is 0 Å². The minimum Gasteiger partial charge on any atom is -0.340 e. The molecule has 0 aliphatic heterocycles. The van der Waals surface area contributed by atoms with Crippen LogP contribution in [0.1, 0.15) is 31.0 Å². The Kier molecular flexibility index (Phi) is 5.44. The van der Waals surface area contributed by atoms with Gasteiger partial charge in [0.25, 0.3) is 0 Å². The van der Waals surface area contributed by atoms with Gasteiger partial charge in [0.2, 0.25) is 10.0 Å². The molecule has 29 heavy (non-hydrogen) atoms. The van der Waals surface area contributed by atoms with E-state index in [9.17, 15) is 8.42 Å². The van der Waals surface area contributed by atoms with Gasteiger partial charge in [-0.2, -0.15) is 0 Å². The third-order valence-electron chi connectivity index (χ3n) is 4.75. The largest absolute Gasteiger partial charge is 0.340 e. The fourth-order valence-electron chi connectivity index (χ4n) is 3.42. The van der Waals surface area contributed by atoms with Gasteiger partial charge in [-0.3, -0.25) is 9.71 Å². The molecule has 150 valence electrons. The molecule has 0 unspecified atom stereocenters. The molecule has 1 aliphatic rings. The molecule has 2 aromatic heterocycles. The van der Waals surface area contributed by atoms with E-state index in [0.717, 1.165) is 47.6 Å². The Morgan fingerprint density at radius 3 is 2.55 bits per heavy atom. The molecule has 0 saturated heterocycles. The summed E-state index contributed by atoms with van der Waals surface area (Å²) in [5, 5.41) is 3.38. The number of benzene rings is 1. The Morgan fingerprint density at radius 1 is 1.03 bits per heavy atom. The highest BCUT2D eigenvalue weighted by molar-refractivity contribution is 7.92. The lowest BCUT2D eigenvalue weighted by Crippen LogP contribution is -2.15. The number of anilines is 3. The summed E-state index contributed by atoms with van der Waals surface area (Å²) in [5.41, 5.74) is 4.49. The number of hydrogen-bond acceptors (Lipinski definition) is 6. The normalized spacial score (nSPS) is 13.1. The Balaban J connectivity index is 1.59. The van der Waals surface area contributed by atoms with E-state index in [-0.39, 0.29) is 5.75 Å². The van der Waals surface area contributed by atoms with Crippen molar-refractivity contribution < 1.29 is 8.42 Å². The Labute approximate surface area is 170 Å². The number of hydrogen-bond donors (Lipinski definition) is 2. The van der Waals surface area contributed by atoms with E-state index in [4.69, 9.17) is 9.97 Å². The summed E-state index contributed by atoms with van der Waals surface area (Å²) < 4.78 is 26.4. The Hall–Kier alpha value is -3.00. The van der Waals surface area contributed by atoms with E-state index in [0.29, 0.717) is 17.9 Å². The average Bonchev–Trinajstić information content (AvgIpc) is 3.19. The third-order valence-corrected chi connectivity index (χ3v) is 6.24. The smallest absolute Gasteiger partial charge is 0.232 e. The monoisotopic (exact) mass is 409 g/mol. The third kappa shape index (κ3) is 4.54. The molecule has 0 bridgehead atoms. The zero-order valence-corrected chi connectivity index (χ0v) is 17.0. The predicted octanol–water partition coefficient (Wildman–Crippen LogP) is 3.92. The first kappa shape index (κ1) is 19.3. The second-order valence-corrected chi connectivity index (χ2v) is 8.88. The maximum Gasteiger partial charge on any atom is 0.232 e. The van der Waals surface area contributed by atoms with Crippen molar-refractivity contribution in [1.82, 2.24) is 15.0 Å². The summed E-state index contributed by atoms with van der Waals surface area (Å²) in [6, 6.07) is 11.0. The van der Waals surface area contributed by atoms with Crippen LogP contribution in [0.15, 0.2) is 48.8 Å². The van der Waals surface area contributed by atoms with Crippen LogP contribution >= 0.6 is 0 Å². The summed E-state index contributed by atoms with van der Waals surface area (Å²) in [6.45, 7) is 1.84. The Morgan fingerprint density at radius 2 is 1.83 bits per heavy atom. The predicted molar refractivity (Wildman–Crippen MR) is 115 cm³/mol. The number of nitrogens with one attached hydrogen (secondary N) is 2. The van der Waals surface area contributed by atoms with Crippen LogP contribution in [0.3, 0.4) is 0 Å². The molecule has 7 nitrogen and oxygen atoms in total. The molecule has 0 spiro atoms. The second-order valence-electron chi connectivity index (χ2n) is 7.04. The van der Waals surface area contributed by atoms with E-state index in [1.807, 2.05) is 31.2 Å². The summed E-state index contributed by atoms with van der Waals surface area (Å²) in [5.74, 6) is 1.56. The lowest BCUT2D eigenvalue weighted by molar-refractivity contribution is 0.600. The van der Waals surface area contributed by atoms with Crippen LogP contribution < -0.4 is 10.0 Å². The number of aromatic nitrogens is 3. The number of aryl methyl sites for hydroxylation is 1. The highest BCUT2D eigenvalue weighted by atomic mass is 32.2. The molecule has 2 N–H and O–H groups in total. The van der Waals surface area contributed by atoms with Gasteiger partial charge in [0.05, 0.1) is 5.75 Å². The lowest BCUT2D eigenvalue weighted by atomic mass is 10.2. The molecule has 1 aliphatic carbocycles. The van der Waals surface area contributed by atoms with Gasteiger partial charge in [-0.1, -0.05) is 6.92 Å². The molecule has 4 rings (SSSR count). The fraction of sp³-hybridized carbons (Fsp3) is 0.286. The minimum absolute atomic E-state index is 0.108. The Bertz CT molecular complexity index is 1100. The maximum atomic E-state index is 11.9. The molecule has 0 atom stereocenters. The van der Waals surface area contributed by atoms with Crippen molar-refractivity contribution in [2.45, 2.75) is 32.6 Å². The topological polar surface area (TPSA) is 96.9 Å². The molecule has 3 aromatic rings. The van der Waals surface area contributed by atoms with Crippen molar-refractivity contribution in [3.63, 3.8) is 0 Å². The van der Waals surface area contributed by atoms with Crippen LogP contribution in [0.25, 0.3) is 11.4 Å². The average molecular weight is 410 g/mol. The van der Waals surface area contributed by atoms with Crippen LogP contribution in [0, 0.1) is 0 Å². The quantitative estimate of drug-likeness (QED) is 0.614. The van der Waals surface area contributed by atoms with Crippen molar-refractivity contribution in [3.05, 3.63) is 60.0 Å². The summed E-state index contributed by atoms with van der Waals surface area (Å²) in [4.78, 5) is 13.6. The summed E-state index contributed by atoms with van der Waals surface area (Å²) in [6.07, 6.45) is 7.02. The number of sulfonamides is 1. The van der Waals surface area contributed by atoms with Crippen molar-refractivity contribution in [1.29, 1.82) is 0 Å². The lowest BCUT2D eigenvalue weighted by Gasteiger charge is -2.13. The van der Waals surface area contributed by atoms with Crippen LogP contribution in [0.4, 0.5) is 17.2 Å². The van der Waals surface area contributed by atoms with Gasteiger partial charge >= 0.3 is 0 Å². The first-order valence-corrected chi connectivity index (χ1v) is 11.4. The zero-order valence-electron chi connectivity index (χ0n) is 16.2. The molecule has 0 fully saturated rings. The van der Waals surface area contributed by atoms with E-state index in [2.05, 4.69) is 15.0 Å². The van der Waals surface area contributed by atoms with Gasteiger partial charge in [-0.15, -0.1) is 0 Å². The van der Waals surface area contributed by atoms with Crippen LogP contribution in [0.2, 0.25) is 0 Å². The fourth-order valence-corrected chi connectivity index (χ4v) is 4.55. The molecule has 2 heterocycles. The highest BCUT2D eigenvalue weighted by Gasteiger charge is 2.20. The van der Waals surface area contributed by atoms with E-state index < -0.39 is 10.0 Å². The molecular formula is C21H23N5O2S. The van der Waals surface area contributed by atoms with Crippen molar-refractivity contribution in [3.8, 4) is 11.4 Å². The first-order chi connectivity index (χ1) is 14.0. The first-order valence-electron chi connectivity index (χ1n) is 9.72. The van der Waals surface area contributed by atoms with E-state index in [1.54, 1.807) is 24.5 Å². The molecule has 8 heteroatoms. The highest BCUT2D eigenvalue weighted by Crippen LogP contribution is 2.31. The van der Waals surface area contributed by atoms with Gasteiger partial charge in [-0.25, -0.2) is 18.4 Å². The molecule has 0 radical (unpaired) electrons. The molecule has 1 aromatic carbocycles.